The third-order valence-electron chi connectivity index (χ3n) is 3.39. The van der Waals surface area contributed by atoms with Gasteiger partial charge in [0.25, 0.3) is 0 Å². The molecule has 0 spiro atoms. The second-order valence-corrected chi connectivity index (χ2v) is 4.51. The molecule has 1 fully saturated rings. The Morgan fingerprint density at radius 1 is 1.56 bits per heavy atom. The third-order valence-corrected chi connectivity index (χ3v) is 3.39. The van der Waals surface area contributed by atoms with Gasteiger partial charge >= 0.3 is 0 Å². The average Bonchev–Trinajstić information content (AvgIpc) is 2.67. The molecular weight excluding hydrogens is 202 g/mol. The van der Waals surface area contributed by atoms with Crippen LogP contribution >= 0.6 is 0 Å². The fourth-order valence-corrected chi connectivity index (χ4v) is 2.23. The van der Waals surface area contributed by atoms with E-state index in [1.165, 1.54) is 0 Å². The molecule has 1 aromatic rings. The van der Waals surface area contributed by atoms with Crippen molar-refractivity contribution in [2.75, 3.05) is 13.1 Å². The van der Waals surface area contributed by atoms with Crippen LogP contribution in [0, 0.1) is 5.92 Å². The van der Waals surface area contributed by atoms with E-state index in [-0.39, 0.29) is 5.92 Å². The van der Waals surface area contributed by atoms with Crippen LogP contribution in [-0.2, 0) is 18.4 Å². The number of Topliss-reactive ketones (excluding diaryl/α,β-unsaturated/α-hetero) is 1. The van der Waals surface area contributed by atoms with Crippen LogP contribution in [0.5, 0.6) is 0 Å². The fraction of sp³-hybridized carbons (Fsp3) is 0.667. The number of hydrogen-bond acceptors (Lipinski definition) is 3. The first kappa shape index (κ1) is 11.3. The largest absolute Gasteiger partial charge is 0.337 e. The molecule has 1 aliphatic rings. The minimum atomic E-state index is 0.231. The molecule has 1 saturated heterocycles. The van der Waals surface area contributed by atoms with Crippen LogP contribution in [0.15, 0.2) is 12.4 Å². The smallest absolute Gasteiger partial charge is 0.138 e. The first-order valence-electron chi connectivity index (χ1n) is 5.92. The standard InChI is InChI=1S/C12H19N3O/c1-3-10-8-15(6-4-11(10)16)9-12-13-5-7-14(12)2/h5,7,10H,3-4,6,8-9H2,1-2H3. The summed E-state index contributed by atoms with van der Waals surface area (Å²) in [6.45, 7) is 4.71. The summed E-state index contributed by atoms with van der Waals surface area (Å²) in [4.78, 5) is 18.2. The van der Waals surface area contributed by atoms with Crippen molar-refractivity contribution < 1.29 is 4.79 Å². The molecule has 4 nitrogen and oxygen atoms in total. The van der Waals surface area contributed by atoms with Crippen LogP contribution in [0.2, 0.25) is 0 Å². The SMILES string of the molecule is CCC1CN(Cc2nccn2C)CCC1=O. The van der Waals surface area contributed by atoms with E-state index in [1.54, 1.807) is 0 Å². The van der Waals surface area contributed by atoms with Gasteiger partial charge in [-0.05, 0) is 6.42 Å². The van der Waals surface area contributed by atoms with Gasteiger partial charge in [0, 0.05) is 44.9 Å². The topological polar surface area (TPSA) is 38.1 Å². The van der Waals surface area contributed by atoms with Gasteiger partial charge in [0.2, 0.25) is 0 Å². The van der Waals surface area contributed by atoms with E-state index in [0.717, 1.165) is 31.9 Å². The third kappa shape index (κ3) is 2.32. The first-order valence-corrected chi connectivity index (χ1v) is 5.92. The summed E-state index contributed by atoms with van der Waals surface area (Å²) in [5.74, 6) is 1.73. The van der Waals surface area contributed by atoms with Gasteiger partial charge in [0.05, 0.1) is 6.54 Å². The molecule has 1 aliphatic heterocycles. The molecule has 1 unspecified atom stereocenters. The number of hydrogen-bond donors (Lipinski definition) is 0. The Labute approximate surface area is 96.3 Å². The summed E-state index contributed by atoms with van der Waals surface area (Å²) in [5, 5.41) is 0. The fourth-order valence-electron chi connectivity index (χ4n) is 2.23. The Morgan fingerprint density at radius 3 is 3.00 bits per heavy atom. The van der Waals surface area contributed by atoms with Crippen LogP contribution < -0.4 is 0 Å². The Morgan fingerprint density at radius 2 is 2.38 bits per heavy atom. The Bertz CT molecular complexity index is 372. The number of rotatable bonds is 3. The van der Waals surface area contributed by atoms with Crippen molar-refractivity contribution in [3.8, 4) is 0 Å². The number of likely N-dealkylation sites (tertiary alicyclic amines) is 1. The van der Waals surface area contributed by atoms with Crippen LogP contribution in [0.1, 0.15) is 25.6 Å². The first-order chi connectivity index (χ1) is 7.70. The molecule has 0 amide bonds. The van der Waals surface area contributed by atoms with E-state index < -0.39 is 0 Å². The summed E-state index contributed by atoms with van der Waals surface area (Å²) in [7, 11) is 2.01. The van der Waals surface area contributed by atoms with Crippen molar-refractivity contribution in [3.05, 3.63) is 18.2 Å². The Balaban J connectivity index is 1.97. The number of carbonyl (C=O) groups excluding carboxylic acids is 1. The maximum absolute atomic E-state index is 11.6. The van der Waals surface area contributed by atoms with Gasteiger partial charge in [-0.2, -0.15) is 0 Å². The van der Waals surface area contributed by atoms with E-state index >= 15 is 0 Å². The summed E-state index contributed by atoms with van der Waals surface area (Å²) in [6, 6.07) is 0. The number of ketones is 1. The molecule has 0 aromatic carbocycles. The van der Waals surface area contributed by atoms with Crippen LogP contribution in [0.3, 0.4) is 0 Å². The molecule has 0 saturated carbocycles. The maximum atomic E-state index is 11.6. The molecule has 0 radical (unpaired) electrons. The molecule has 0 N–H and O–H groups in total. The van der Waals surface area contributed by atoms with Crippen molar-refractivity contribution in [1.29, 1.82) is 0 Å². The highest BCUT2D eigenvalue weighted by Crippen LogP contribution is 2.17. The van der Waals surface area contributed by atoms with Gasteiger partial charge in [-0.3, -0.25) is 9.69 Å². The number of piperidine rings is 1. The predicted octanol–water partition coefficient (Wildman–Crippen LogP) is 1.22. The van der Waals surface area contributed by atoms with Gasteiger partial charge < -0.3 is 4.57 Å². The minimum absolute atomic E-state index is 0.231. The molecule has 1 aromatic heterocycles. The zero-order valence-electron chi connectivity index (χ0n) is 10.0. The molecule has 1 atom stereocenters. The van der Waals surface area contributed by atoms with Gasteiger partial charge in [0.1, 0.15) is 11.6 Å². The second kappa shape index (κ2) is 4.78. The number of imidazole rings is 1. The van der Waals surface area contributed by atoms with Crippen LogP contribution in [0.4, 0.5) is 0 Å². The van der Waals surface area contributed by atoms with Gasteiger partial charge in [-0.15, -0.1) is 0 Å². The van der Waals surface area contributed by atoms with Crippen molar-refractivity contribution >= 4 is 5.78 Å². The van der Waals surface area contributed by atoms with Crippen LogP contribution in [0.25, 0.3) is 0 Å². The lowest BCUT2D eigenvalue weighted by Crippen LogP contribution is -2.40. The van der Waals surface area contributed by atoms with Gasteiger partial charge in [-0.1, -0.05) is 6.92 Å². The molecule has 2 heterocycles. The molecule has 0 aliphatic carbocycles. The van der Waals surface area contributed by atoms with E-state index in [0.29, 0.717) is 12.2 Å². The molecule has 16 heavy (non-hydrogen) atoms. The number of aromatic nitrogens is 2. The summed E-state index contributed by atoms with van der Waals surface area (Å²) >= 11 is 0. The number of carbonyl (C=O) groups is 1. The number of aryl methyl sites for hydroxylation is 1. The van der Waals surface area contributed by atoms with Crippen molar-refractivity contribution in [3.63, 3.8) is 0 Å². The van der Waals surface area contributed by atoms with E-state index in [1.807, 2.05) is 24.0 Å². The van der Waals surface area contributed by atoms with Gasteiger partial charge in [-0.25, -0.2) is 4.98 Å². The van der Waals surface area contributed by atoms with Crippen molar-refractivity contribution in [2.24, 2.45) is 13.0 Å². The number of nitrogens with zero attached hydrogens (tertiary/aromatic N) is 3. The Hall–Kier alpha value is -1.16. The molecule has 88 valence electrons. The summed E-state index contributed by atoms with van der Waals surface area (Å²) < 4.78 is 2.04. The highest BCUT2D eigenvalue weighted by molar-refractivity contribution is 5.82. The highest BCUT2D eigenvalue weighted by atomic mass is 16.1. The van der Waals surface area contributed by atoms with Crippen molar-refractivity contribution in [2.45, 2.75) is 26.3 Å². The normalized spacial score (nSPS) is 22.6. The lowest BCUT2D eigenvalue weighted by Gasteiger charge is -2.30. The predicted molar refractivity (Wildman–Crippen MR) is 61.9 cm³/mol. The Kier molecular flexibility index (Phi) is 3.39. The van der Waals surface area contributed by atoms with Crippen LogP contribution in [-0.4, -0.2) is 33.3 Å². The lowest BCUT2D eigenvalue weighted by atomic mass is 9.94. The minimum Gasteiger partial charge on any atom is -0.337 e. The zero-order chi connectivity index (χ0) is 11.5. The zero-order valence-corrected chi connectivity index (χ0v) is 10.0. The van der Waals surface area contributed by atoms with E-state index in [4.69, 9.17) is 0 Å². The highest BCUT2D eigenvalue weighted by Gasteiger charge is 2.25. The molecular formula is C12H19N3O. The maximum Gasteiger partial charge on any atom is 0.138 e. The van der Waals surface area contributed by atoms with E-state index in [2.05, 4.69) is 16.8 Å². The lowest BCUT2D eigenvalue weighted by molar-refractivity contribution is -0.126. The molecule has 2 rings (SSSR count). The average molecular weight is 221 g/mol. The van der Waals surface area contributed by atoms with E-state index in [9.17, 15) is 4.79 Å². The summed E-state index contributed by atoms with van der Waals surface area (Å²) in [5.41, 5.74) is 0. The quantitative estimate of drug-likeness (QED) is 0.770. The monoisotopic (exact) mass is 221 g/mol. The summed E-state index contributed by atoms with van der Waals surface area (Å²) in [6.07, 6.45) is 5.43. The van der Waals surface area contributed by atoms with Gasteiger partial charge in [0.15, 0.2) is 0 Å². The second-order valence-electron chi connectivity index (χ2n) is 4.51. The molecule has 0 bridgehead atoms. The van der Waals surface area contributed by atoms with Crippen molar-refractivity contribution in [1.82, 2.24) is 14.5 Å². The molecule has 4 heteroatoms.